The summed E-state index contributed by atoms with van der Waals surface area (Å²) in [6.45, 7) is 0. The lowest BCUT2D eigenvalue weighted by Crippen LogP contribution is -2.33. The van der Waals surface area contributed by atoms with Crippen molar-refractivity contribution in [2.45, 2.75) is 32.1 Å². The molecule has 0 aromatic heterocycles. The van der Waals surface area contributed by atoms with Gasteiger partial charge in [0.15, 0.2) is 0 Å². The Kier molecular flexibility index (Phi) is 1.63. The zero-order valence-corrected chi connectivity index (χ0v) is 6.62. The van der Waals surface area contributed by atoms with Crippen LogP contribution in [0, 0.1) is 17.8 Å². The molecule has 0 heterocycles. The molecule has 0 saturated heterocycles. The summed E-state index contributed by atoms with van der Waals surface area (Å²) in [5.74, 6) is 1.60. The summed E-state index contributed by atoms with van der Waals surface area (Å²) in [7, 11) is 0. The molecule has 0 spiro atoms. The van der Waals surface area contributed by atoms with Crippen LogP contribution < -0.4 is 0 Å². The Hall–Kier alpha value is -0.530. The van der Waals surface area contributed by atoms with Crippen LogP contribution in [-0.4, -0.2) is 11.1 Å². The molecule has 2 aliphatic carbocycles. The number of fused-ring (bicyclic) bond motifs is 1. The van der Waals surface area contributed by atoms with E-state index in [0.29, 0.717) is 12.3 Å². The van der Waals surface area contributed by atoms with Gasteiger partial charge in [-0.2, -0.15) is 0 Å². The molecule has 2 aliphatic rings. The molecular formula is C9H14O2. The minimum atomic E-state index is -0.611. The van der Waals surface area contributed by atoms with E-state index in [0.717, 1.165) is 11.8 Å². The lowest BCUT2D eigenvalue weighted by atomic mass is 9.65. The molecule has 0 aromatic carbocycles. The molecule has 2 heteroatoms. The van der Waals surface area contributed by atoms with Crippen LogP contribution in [0.25, 0.3) is 0 Å². The third-order valence-electron chi connectivity index (χ3n) is 3.37. The highest BCUT2D eigenvalue weighted by Crippen LogP contribution is 2.52. The van der Waals surface area contributed by atoms with Crippen molar-refractivity contribution >= 4 is 5.97 Å². The van der Waals surface area contributed by atoms with E-state index in [9.17, 15) is 4.79 Å². The number of carboxylic acids is 1. The van der Waals surface area contributed by atoms with Gasteiger partial charge in [0.05, 0.1) is 0 Å². The van der Waals surface area contributed by atoms with Crippen molar-refractivity contribution in [3.63, 3.8) is 0 Å². The maximum absolute atomic E-state index is 10.4. The fourth-order valence-corrected chi connectivity index (χ4v) is 2.81. The second kappa shape index (κ2) is 2.50. The van der Waals surface area contributed by atoms with E-state index >= 15 is 0 Å². The van der Waals surface area contributed by atoms with Crippen LogP contribution in [0.3, 0.4) is 0 Å². The van der Waals surface area contributed by atoms with Gasteiger partial charge in [0.2, 0.25) is 0 Å². The highest BCUT2D eigenvalue weighted by molar-refractivity contribution is 5.67. The summed E-state index contributed by atoms with van der Waals surface area (Å²) >= 11 is 0. The first-order valence-corrected chi connectivity index (χ1v) is 4.49. The monoisotopic (exact) mass is 154 g/mol. The number of carbonyl (C=O) groups is 1. The summed E-state index contributed by atoms with van der Waals surface area (Å²) in [6, 6.07) is 0. The van der Waals surface area contributed by atoms with Crippen LogP contribution in [0.1, 0.15) is 32.1 Å². The first kappa shape index (κ1) is 7.14. The van der Waals surface area contributed by atoms with Crippen molar-refractivity contribution in [2.75, 3.05) is 0 Å². The average Bonchev–Trinajstić information content (AvgIpc) is 2.26. The number of carboxylic acid groups (broad SMARTS) is 1. The predicted octanol–water partition coefficient (Wildman–Crippen LogP) is 1.90. The molecule has 2 nitrogen and oxygen atoms in total. The molecule has 0 aliphatic heterocycles. The Balaban J connectivity index is 1.85. The summed E-state index contributed by atoms with van der Waals surface area (Å²) in [5, 5.41) is 8.57. The van der Waals surface area contributed by atoms with Gasteiger partial charge in [0.25, 0.3) is 0 Å². The largest absolute Gasteiger partial charge is 0.481 e. The van der Waals surface area contributed by atoms with Gasteiger partial charge in [-0.15, -0.1) is 0 Å². The summed E-state index contributed by atoms with van der Waals surface area (Å²) in [5.41, 5.74) is 0. The normalized spacial score (nSPS) is 41.3. The lowest BCUT2D eigenvalue weighted by Gasteiger charge is -2.39. The zero-order chi connectivity index (χ0) is 7.84. The highest BCUT2D eigenvalue weighted by Gasteiger charge is 2.43. The SMILES string of the molecule is O=C(O)CC1CC2CCCC21. The molecule has 0 radical (unpaired) electrons. The Bertz CT molecular complexity index is 176. The summed E-state index contributed by atoms with van der Waals surface area (Å²) < 4.78 is 0. The molecule has 2 fully saturated rings. The van der Waals surface area contributed by atoms with E-state index in [-0.39, 0.29) is 0 Å². The van der Waals surface area contributed by atoms with Crippen molar-refractivity contribution in [3.8, 4) is 0 Å². The van der Waals surface area contributed by atoms with Crippen molar-refractivity contribution in [1.82, 2.24) is 0 Å². The second-order valence-corrected chi connectivity index (χ2v) is 3.95. The second-order valence-electron chi connectivity index (χ2n) is 3.95. The molecule has 0 amide bonds. The van der Waals surface area contributed by atoms with E-state index in [1.807, 2.05) is 0 Å². The van der Waals surface area contributed by atoms with Gasteiger partial charge in [0, 0.05) is 6.42 Å². The standard InChI is InChI=1S/C9H14O2/c10-9(11)5-7-4-6-2-1-3-8(6)7/h6-8H,1-5H2,(H,10,11). The minimum Gasteiger partial charge on any atom is -0.481 e. The molecule has 1 N–H and O–H groups in total. The molecule has 3 atom stereocenters. The first-order chi connectivity index (χ1) is 5.27. The number of hydrogen-bond acceptors (Lipinski definition) is 1. The van der Waals surface area contributed by atoms with Crippen molar-refractivity contribution < 1.29 is 9.90 Å². The van der Waals surface area contributed by atoms with Crippen molar-refractivity contribution in [1.29, 1.82) is 0 Å². The molecule has 0 aromatic rings. The predicted molar refractivity (Wildman–Crippen MR) is 41.2 cm³/mol. The molecule has 62 valence electrons. The maximum Gasteiger partial charge on any atom is 0.303 e. The number of rotatable bonds is 2. The van der Waals surface area contributed by atoms with E-state index in [1.54, 1.807) is 0 Å². The van der Waals surface area contributed by atoms with Crippen LogP contribution in [0.5, 0.6) is 0 Å². The molecule has 2 rings (SSSR count). The fourth-order valence-electron chi connectivity index (χ4n) is 2.81. The zero-order valence-electron chi connectivity index (χ0n) is 6.62. The smallest absolute Gasteiger partial charge is 0.303 e. The van der Waals surface area contributed by atoms with Crippen LogP contribution in [0.2, 0.25) is 0 Å². The van der Waals surface area contributed by atoms with Gasteiger partial charge in [-0.05, 0) is 30.6 Å². The van der Waals surface area contributed by atoms with Gasteiger partial charge in [-0.1, -0.05) is 12.8 Å². The molecule has 0 bridgehead atoms. The number of hydrogen-bond donors (Lipinski definition) is 1. The van der Waals surface area contributed by atoms with Crippen molar-refractivity contribution in [3.05, 3.63) is 0 Å². The van der Waals surface area contributed by atoms with Gasteiger partial charge in [-0.25, -0.2) is 0 Å². The van der Waals surface area contributed by atoms with Gasteiger partial charge in [0.1, 0.15) is 0 Å². The van der Waals surface area contributed by atoms with Crippen LogP contribution in [0.15, 0.2) is 0 Å². The first-order valence-electron chi connectivity index (χ1n) is 4.49. The lowest BCUT2D eigenvalue weighted by molar-refractivity contribution is -0.140. The summed E-state index contributed by atoms with van der Waals surface area (Å²) in [6.07, 6.45) is 5.60. The van der Waals surface area contributed by atoms with Gasteiger partial charge >= 0.3 is 5.97 Å². The Morgan fingerprint density at radius 1 is 1.45 bits per heavy atom. The van der Waals surface area contributed by atoms with Crippen LogP contribution in [0.4, 0.5) is 0 Å². The van der Waals surface area contributed by atoms with E-state index < -0.39 is 5.97 Å². The molecule has 11 heavy (non-hydrogen) atoms. The molecular weight excluding hydrogens is 140 g/mol. The Labute approximate surface area is 66.6 Å². The Morgan fingerprint density at radius 2 is 2.27 bits per heavy atom. The number of aliphatic carboxylic acids is 1. The van der Waals surface area contributed by atoms with Gasteiger partial charge in [-0.3, -0.25) is 4.79 Å². The van der Waals surface area contributed by atoms with E-state index in [1.165, 1.54) is 25.7 Å². The quantitative estimate of drug-likeness (QED) is 0.659. The minimum absolute atomic E-state index is 0.418. The Morgan fingerprint density at radius 3 is 2.91 bits per heavy atom. The molecule has 3 unspecified atom stereocenters. The maximum atomic E-state index is 10.4. The van der Waals surface area contributed by atoms with Crippen LogP contribution in [-0.2, 0) is 4.79 Å². The third-order valence-corrected chi connectivity index (χ3v) is 3.37. The fraction of sp³-hybridized carbons (Fsp3) is 0.889. The van der Waals surface area contributed by atoms with E-state index in [4.69, 9.17) is 5.11 Å². The topological polar surface area (TPSA) is 37.3 Å². The van der Waals surface area contributed by atoms with E-state index in [2.05, 4.69) is 0 Å². The molecule has 2 saturated carbocycles. The van der Waals surface area contributed by atoms with Crippen molar-refractivity contribution in [2.24, 2.45) is 17.8 Å². The van der Waals surface area contributed by atoms with Crippen LogP contribution >= 0.6 is 0 Å². The van der Waals surface area contributed by atoms with Gasteiger partial charge < -0.3 is 5.11 Å². The highest BCUT2D eigenvalue weighted by atomic mass is 16.4. The third kappa shape index (κ3) is 1.15. The summed E-state index contributed by atoms with van der Waals surface area (Å²) in [4.78, 5) is 10.4. The average molecular weight is 154 g/mol.